The first-order chi connectivity index (χ1) is 11.1. The van der Waals surface area contributed by atoms with E-state index in [-0.39, 0.29) is 17.7 Å². The van der Waals surface area contributed by atoms with Crippen LogP contribution in [0.25, 0.3) is 0 Å². The Hall–Kier alpha value is -2.89. The van der Waals surface area contributed by atoms with Gasteiger partial charge in [-0.1, -0.05) is 18.2 Å². The van der Waals surface area contributed by atoms with Gasteiger partial charge in [-0.15, -0.1) is 6.58 Å². The van der Waals surface area contributed by atoms with Gasteiger partial charge >= 0.3 is 0 Å². The molecule has 0 spiro atoms. The summed E-state index contributed by atoms with van der Waals surface area (Å²) < 4.78 is 5.74. The van der Waals surface area contributed by atoms with E-state index in [1.165, 1.54) is 12.4 Å². The summed E-state index contributed by atoms with van der Waals surface area (Å²) in [5.41, 5.74) is 1.04. The van der Waals surface area contributed by atoms with Crippen molar-refractivity contribution in [1.29, 1.82) is 0 Å². The van der Waals surface area contributed by atoms with Crippen molar-refractivity contribution < 1.29 is 9.53 Å². The van der Waals surface area contributed by atoms with Crippen LogP contribution in [0.4, 0.5) is 11.5 Å². The quantitative estimate of drug-likeness (QED) is 0.769. The van der Waals surface area contributed by atoms with Crippen LogP contribution in [0, 0.1) is 0 Å². The Labute approximate surface area is 135 Å². The molecule has 6 heteroatoms. The average molecular weight is 312 g/mol. The van der Waals surface area contributed by atoms with E-state index < -0.39 is 0 Å². The van der Waals surface area contributed by atoms with Crippen LogP contribution in [0.1, 0.15) is 24.3 Å². The molecule has 0 aliphatic carbocycles. The zero-order valence-electron chi connectivity index (χ0n) is 13.2. The number of hydrogen-bond acceptors (Lipinski definition) is 5. The first kappa shape index (κ1) is 16.5. The van der Waals surface area contributed by atoms with Crippen LogP contribution in [0.5, 0.6) is 5.75 Å². The van der Waals surface area contributed by atoms with Crippen LogP contribution in [-0.4, -0.2) is 28.5 Å². The summed E-state index contributed by atoms with van der Waals surface area (Å²) in [5, 5.41) is 5.79. The highest BCUT2D eigenvalue weighted by Gasteiger charge is 2.09. The lowest BCUT2D eigenvalue weighted by atomic mass is 10.3. The first-order valence-corrected chi connectivity index (χ1v) is 7.34. The minimum atomic E-state index is -0.285. The van der Waals surface area contributed by atoms with E-state index in [0.717, 1.165) is 11.4 Å². The number of nitrogens with one attached hydrogen (secondary N) is 2. The predicted molar refractivity (Wildman–Crippen MR) is 90.1 cm³/mol. The first-order valence-electron chi connectivity index (χ1n) is 7.34. The van der Waals surface area contributed by atoms with Gasteiger partial charge in [-0.2, -0.15) is 0 Å². The highest BCUT2D eigenvalue weighted by Crippen LogP contribution is 2.27. The number of nitrogens with zero attached hydrogens (tertiary/aromatic N) is 2. The van der Waals surface area contributed by atoms with Gasteiger partial charge in [0.05, 0.1) is 24.2 Å². The molecule has 0 radical (unpaired) electrons. The van der Waals surface area contributed by atoms with Crippen molar-refractivity contribution in [1.82, 2.24) is 15.3 Å². The third-order valence-corrected chi connectivity index (χ3v) is 2.80. The summed E-state index contributed by atoms with van der Waals surface area (Å²) in [6.45, 7) is 7.86. The Balaban J connectivity index is 2.09. The summed E-state index contributed by atoms with van der Waals surface area (Å²) >= 11 is 0. The number of hydrogen-bond donors (Lipinski definition) is 2. The summed E-state index contributed by atoms with van der Waals surface area (Å²) in [6.07, 6.45) is 4.61. The van der Waals surface area contributed by atoms with Crippen molar-refractivity contribution in [3.05, 3.63) is 55.0 Å². The van der Waals surface area contributed by atoms with Crippen LogP contribution in [0.2, 0.25) is 0 Å². The van der Waals surface area contributed by atoms with Crippen molar-refractivity contribution in [3.63, 3.8) is 0 Å². The number of para-hydroxylation sites is 2. The van der Waals surface area contributed by atoms with Gasteiger partial charge in [0.2, 0.25) is 0 Å². The maximum atomic E-state index is 11.7. The molecule has 0 fully saturated rings. The third-order valence-electron chi connectivity index (χ3n) is 2.80. The molecular weight excluding hydrogens is 292 g/mol. The second-order valence-electron chi connectivity index (χ2n) is 5.07. The molecule has 0 aliphatic rings. The molecule has 2 rings (SSSR count). The molecule has 0 saturated carbocycles. The summed E-state index contributed by atoms with van der Waals surface area (Å²) in [7, 11) is 0. The minimum absolute atomic E-state index is 0.0694. The second kappa shape index (κ2) is 7.93. The van der Waals surface area contributed by atoms with E-state index >= 15 is 0 Å². The van der Waals surface area contributed by atoms with E-state index in [9.17, 15) is 4.79 Å². The highest BCUT2D eigenvalue weighted by atomic mass is 16.5. The second-order valence-corrected chi connectivity index (χ2v) is 5.07. The fourth-order valence-corrected chi connectivity index (χ4v) is 1.83. The SMILES string of the molecule is C=CCNC(=O)c1cnc(Nc2ccccc2OC(C)C)cn1. The number of anilines is 2. The van der Waals surface area contributed by atoms with Crippen LogP contribution >= 0.6 is 0 Å². The fourth-order valence-electron chi connectivity index (χ4n) is 1.83. The van der Waals surface area contributed by atoms with Crippen molar-refractivity contribution in [2.75, 3.05) is 11.9 Å². The van der Waals surface area contributed by atoms with E-state index in [2.05, 4.69) is 27.2 Å². The molecule has 1 aromatic heterocycles. The smallest absolute Gasteiger partial charge is 0.271 e. The number of aromatic nitrogens is 2. The van der Waals surface area contributed by atoms with Crippen LogP contribution < -0.4 is 15.4 Å². The molecule has 0 atom stereocenters. The van der Waals surface area contributed by atoms with Gasteiger partial charge in [0, 0.05) is 6.54 Å². The van der Waals surface area contributed by atoms with Gasteiger partial charge < -0.3 is 15.4 Å². The summed E-state index contributed by atoms with van der Waals surface area (Å²) in [4.78, 5) is 20.1. The molecule has 2 aromatic rings. The van der Waals surface area contributed by atoms with E-state index in [1.54, 1.807) is 6.08 Å². The van der Waals surface area contributed by atoms with E-state index in [1.807, 2.05) is 38.1 Å². The van der Waals surface area contributed by atoms with E-state index in [4.69, 9.17) is 4.74 Å². The maximum Gasteiger partial charge on any atom is 0.271 e. The number of amides is 1. The van der Waals surface area contributed by atoms with Crippen molar-refractivity contribution in [2.24, 2.45) is 0 Å². The normalized spacial score (nSPS) is 10.2. The Morgan fingerprint density at radius 3 is 2.74 bits per heavy atom. The van der Waals surface area contributed by atoms with Crippen LogP contribution in [0.15, 0.2) is 49.3 Å². The molecule has 1 heterocycles. The minimum Gasteiger partial charge on any atom is -0.489 e. The largest absolute Gasteiger partial charge is 0.489 e. The molecule has 0 unspecified atom stereocenters. The molecule has 0 saturated heterocycles. The molecule has 0 bridgehead atoms. The maximum absolute atomic E-state index is 11.7. The van der Waals surface area contributed by atoms with Crippen molar-refractivity contribution in [2.45, 2.75) is 20.0 Å². The summed E-state index contributed by atoms with van der Waals surface area (Å²) in [5.74, 6) is 0.981. The Bertz CT molecular complexity index is 669. The van der Waals surface area contributed by atoms with Gasteiger partial charge in [-0.3, -0.25) is 4.79 Å². The summed E-state index contributed by atoms with van der Waals surface area (Å²) in [6, 6.07) is 7.58. The van der Waals surface area contributed by atoms with Gasteiger partial charge in [0.25, 0.3) is 5.91 Å². The van der Waals surface area contributed by atoms with Crippen molar-refractivity contribution >= 4 is 17.4 Å². The number of benzene rings is 1. The highest BCUT2D eigenvalue weighted by molar-refractivity contribution is 5.92. The topological polar surface area (TPSA) is 76.1 Å². The number of carbonyl (C=O) groups excluding carboxylic acids is 1. The van der Waals surface area contributed by atoms with E-state index in [0.29, 0.717) is 12.4 Å². The van der Waals surface area contributed by atoms with Crippen LogP contribution in [0.3, 0.4) is 0 Å². The lowest BCUT2D eigenvalue weighted by Gasteiger charge is -2.15. The Morgan fingerprint density at radius 1 is 1.30 bits per heavy atom. The molecule has 1 amide bonds. The molecule has 2 N–H and O–H groups in total. The molecule has 120 valence electrons. The molecule has 6 nitrogen and oxygen atoms in total. The van der Waals surface area contributed by atoms with Crippen molar-refractivity contribution in [3.8, 4) is 5.75 Å². The molecule has 0 aliphatic heterocycles. The lowest BCUT2D eigenvalue weighted by Crippen LogP contribution is -2.24. The molecular formula is C17H20N4O2. The zero-order chi connectivity index (χ0) is 16.7. The molecule has 1 aromatic carbocycles. The number of carbonyl (C=O) groups is 1. The van der Waals surface area contributed by atoms with Crippen LogP contribution in [-0.2, 0) is 0 Å². The Morgan fingerprint density at radius 2 is 2.09 bits per heavy atom. The third kappa shape index (κ3) is 4.81. The van der Waals surface area contributed by atoms with Gasteiger partial charge in [0.15, 0.2) is 0 Å². The predicted octanol–water partition coefficient (Wildman–Crippen LogP) is 2.92. The van der Waals surface area contributed by atoms with Gasteiger partial charge in [0.1, 0.15) is 17.3 Å². The monoisotopic (exact) mass is 312 g/mol. The van der Waals surface area contributed by atoms with Gasteiger partial charge in [-0.25, -0.2) is 9.97 Å². The zero-order valence-corrected chi connectivity index (χ0v) is 13.2. The Kier molecular flexibility index (Phi) is 5.68. The number of rotatable bonds is 7. The lowest BCUT2D eigenvalue weighted by molar-refractivity contribution is 0.0952. The fraction of sp³-hybridized carbons (Fsp3) is 0.235. The molecule has 23 heavy (non-hydrogen) atoms. The standard InChI is InChI=1S/C17H20N4O2/c1-4-9-18-17(22)14-10-20-16(11-19-14)21-13-7-5-6-8-15(13)23-12(2)3/h4-8,10-12H,1,9H2,2-3H3,(H,18,22)(H,20,21). The number of ether oxygens (including phenoxy) is 1. The average Bonchev–Trinajstić information content (AvgIpc) is 2.54. The van der Waals surface area contributed by atoms with Gasteiger partial charge in [-0.05, 0) is 26.0 Å².